The van der Waals surface area contributed by atoms with Gasteiger partial charge in [0, 0.05) is 33.8 Å². The van der Waals surface area contributed by atoms with Gasteiger partial charge in [0.1, 0.15) is 23.0 Å². The Bertz CT molecular complexity index is 1480. The third-order valence-corrected chi connectivity index (χ3v) is 5.38. The molecule has 33 heavy (non-hydrogen) atoms. The van der Waals surface area contributed by atoms with E-state index in [1.165, 1.54) is 12.1 Å². The van der Waals surface area contributed by atoms with E-state index >= 15 is 0 Å². The van der Waals surface area contributed by atoms with Gasteiger partial charge in [-0.2, -0.15) is 0 Å². The van der Waals surface area contributed by atoms with E-state index < -0.39 is 5.82 Å². The molecule has 3 aromatic heterocycles. The van der Waals surface area contributed by atoms with Crippen LogP contribution in [0.15, 0.2) is 76.0 Å². The first-order valence-corrected chi connectivity index (χ1v) is 10.2. The Morgan fingerprint density at radius 3 is 2.79 bits per heavy atom. The number of benzene rings is 2. The van der Waals surface area contributed by atoms with Gasteiger partial charge < -0.3 is 19.2 Å². The zero-order valence-corrected chi connectivity index (χ0v) is 17.5. The van der Waals surface area contributed by atoms with Gasteiger partial charge in [0.25, 0.3) is 5.91 Å². The Morgan fingerprint density at radius 1 is 1.12 bits per heavy atom. The summed E-state index contributed by atoms with van der Waals surface area (Å²) in [6.07, 6.45) is 3.13. The number of rotatable bonds is 6. The van der Waals surface area contributed by atoms with E-state index in [9.17, 15) is 14.0 Å². The number of ketones is 1. The van der Waals surface area contributed by atoms with Crippen molar-refractivity contribution in [3.05, 3.63) is 101 Å². The number of carbonyl (C=O) groups excluding carboxylic acids is 2. The van der Waals surface area contributed by atoms with E-state index in [-0.39, 0.29) is 29.5 Å². The number of H-pyrrole nitrogens is 1. The number of aryl methyl sites for hydroxylation is 1. The monoisotopic (exact) mass is 443 g/mol. The van der Waals surface area contributed by atoms with Gasteiger partial charge in [-0.25, -0.2) is 4.39 Å². The first-order valence-electron chi connectivity index (χ1n) is 10.2. The predicted octanol–water partition coefficient (Wildman–Crippen LogP) is 5.02. The molecule has 0 aliphatic carbocycles. The number of aromatic amines is 1. The van der Waals surface area contributed by atoms with Crippen molar-refractivity contribution in [2.45, 2.75) is 13.5 Å². The zero-order chi connectivity index (χ0) is 22.9. The zero-order valence-electron chi connectivity index (χ0n) is 17.5. The first-order chi connectivity index (χ1) is 16.0. The number of fused-ring (bicyclic) bond motifs is 1. The minimum atomic E-state index is -0.434. The number of carbonyl (C=O) groups is 2. The van der Waals surface area contributed by atoms with Crippen molar-refractivity contribution in [1.29, 1.82) is 0 Å². The number of furan rings is 1. The summed E-state index contributed by atoms with van der Waals surface area (Å²) in [5.41, 5.74) is 2.46. The maximum Gasteiger partial charge on any atom is 0.251 e. The number of nitrogens with zero attached hydrogens (tertiary/aromatic N) is 1. The molecule has 0 aliphatic rings. The van der Waals surface area contributed by atoms with Crippen molar-refractivity contribution in [3.8, 4) is 11.3 Å². The molecule has 3 heterocycles. The molecule has 0 radical (unpaired) electrons. The first kappa shape index (κ1) is 20.4. The molecule has 8 heteroatoms. The number of halogens is 1. The van der Waals surface area contributed by atoms with Crippen molar-refractivity contribution in [1.82, 2.24) is 15.5 Å². The summed E-state index contributed by atoms with van der Waals surface area (Å²) in [5, 5.41) is 7.42. The van der Waals surface area contributed by atoms with Crippen LogP contribution in [0.25, 0.3) is 22.2 Å². The fraction of sp³-hybridized carbons (Fsp3) is 0.0800. The molecule has 1 amide bonds. The lowest BCUT2D eigenvalue weighted by atomic mass is 9.97. The summed E-state index contributed by atoms with van der Waals surface area (Å²) in [6, 6.07) is 14.4. The van der Waals surface area contributed by atoms with Crippen molar-refractivity contribution in [2.24, 2.45) is 0 Å². The Hall–Kier alpha value is -4.46. The second kappa shape index (κ2) is 8.23. The lowest BCUT2D eigenvalue weighted by molar-refractivity contribution is 0.0947. The number of hydrogen-bond acceptors (Lipinski definition) is 5. The molecule has 5 aromatic rings. The SMILES string of the molecule is Cc1onc(-c2cccc(F)c2)c1C(=O)c1c[nH]c2cc(C(=O)NCc3ccco3)ccc12. The lowest BCUT2D eigenvalue weighted by Gasteiger charge is -2.05. The molecule has 2 N–H and O–H groups in total. The van der Waals surface area contributed by atoms with Gasteiger partial charge in [-0.3, -0.25) is 9.59 Å². The lowest BCUT2D eigenvalue weighted by Crippen LogP contribution is -2.22. The van der Waals surface area contributed by atoms with Crippen molar-refractivity contribution >= 4 is 22.6 Å². The molecule has 0 spiro atoms. The van der Waals surface area contributed by atoms with Crippen LogP contribution in [0, 0.1) is 12.7 Å². The van der Waals surface area contributed by atoms with Gasteiger partial charge in [0.05, 0.1) is 18.4 Å². The summed E-state index contributed by atoms with van der Waals surface area (Å²) in [4.78, 5) is 29.0. The minimum Gasteiger partial charge on any atom is -0.467 e. The maximum atomic E-state index is 13.7. The number of amides is 1. The van der Waals surface area contributed by atoms with Crippen LogP contribution in [0.2, 0.25) is 0 Å². The average Bonchev–Trinajstić information content (AvgIpc) is 3.56. The minimum absolute atomic E-state index is 0.265. The number of nitrogens with one attached hydrogen (secondary N) is 2. The average molecular weight is 443 g/mol. The fourth-order valence-corrected chi connectivity index (χ4v) is 3.74. The Kier molecular flexibility index (Phi) is 5.10. The second-order valence-corrected chi connectivity index (χ2v) is 7.53. The maximum absolute atomic E-state index is 13.7. The van der Waals surface area contributed by atoms with E-state index in [2.05, 4.69) is 15.5 Å². The van der Waals surface area contributed by atoms with Crippen LogP contribution >= 0.6 is 0 Å². The summed E-state index contributed by atoms with van der Waals surface area (Å²) < 4.78 is 24.2. The van der Waals surface area contributed by atoms with Gasteiger partial charge in [0.15, 0.2) is 0 Å². The Balaban J connectivity index is 1.45. The van der Waals surface area contributed by atoms with E-state index in [4.69, 9.17) is 8.94 Å². The van der Waals surface area contributed by atoms with E-state index in [0.29, 0.717) is 39.1 Å². The highest BCUT2D eigenvalue weighted by atomic mass is 19.1. The highest BCUT2D eigenvalue weighted by molar-refractivity contribution is 6.19. The molecule has 0 aliphatic heterocycles. The third-order valence-electron chi connectivity index (χ3n) is 5.38. The molecular weight excluding hydrogens is 425 g/mol. The van der Waals surface area contributed by atoms with Gasteiger partial charge in [0.2, 0.25) is 5.78 Å². The van der Waals surface area contributed by atoms with Gasteiger partial charge >= 0.3 is 0 Å². The Labute approximate surface area is 187 Å². The van der Waals surface area contributed by atoms with Crippen molar-refractivity contribution in [2.75, 3.05) is 0 Å². The molecule has 0 unspecified atom stereocenters. The molecule has 164 valence electrons. The van der Waals surface area contributed by atoms with Crippen LogP contribution in [-0.2, 0) is 6.54 Å². The highest BCUT2D eigenvalue weighted by Crippen LogP contribution is 2.30. The quantitative estimate of drug-likeness (QED) is 0.359. The predicted molar refractivity (Wildman–Crippen MR) is 118 cm³/mol. The summed E-state index contributed by atoms with van der Waals surface area (Å²) >= 11 is 0. The van der Waals surface area contributed by atoms with Gasteiger partial charge in [-0.05, 0) is 43.3 Å². The molecule has 2 aromatic carbocycles. The molecule has 5 rings (SSSR count). The molecule has 0 bridgehead atoms. The van der Waals surface area contributed by atoms with Crippen LogP contribution in [-0.4, -0.2) is 21.8 Å². The Morgan fingerprint density at radius 2 is 2.00 bits per heavy atom. The number of aromatic nitrogens is 2. The van der Waals surface area contributed by atoms with Crippen LogP contribution in [0.4, 0.5) is 4.39 Å². The van der Waals surface area contributed by atoms with Crippen LogP contribution in [0.3, 0.4) is 0 Å². The van der Waals surface area contributed by atoms with E-state index in [1.807, 2.05) is 0 Å². The topological polar surface area (TPSA) is 101 Å². The van der Waals surface area contributed by atoms with Crippen LogP contribution < -0.4 is 5.32 Å². The molecule has 7 nitrogen and oxygen atoms in total. The highest BCUT2D eigenvalue weighted by Gasteiger charge is 2.25. The molecule has 0 saturated heterocycles. The van der Waals surface area contributed by atoms with E-state index in [1.54, 1.807) is 61.8 Å². The van der Waals surface area contributed by atoms with Crippen LogP contribution in [0.5, 0.6) is 0 Å². The van der Waals surface area contributed by atoms with E-state index in [0.717, 1.165) is 0 Å². The largest absolute Gasteiger partial charge is 0.467 e. The normalized spacial score (nSPS) is 11.1. The molecule has 0 saturated carbocycles. The fourth-order valence-electron chi connectivity index (χ4n) is 3.74. The second-order valence-electron chi connectivity index (χ2n) is 7.53. The summed E-state index contributed by atoms with van der Waals surface area (Å²) in [7, 11) is 0. The summed E-state index contributed by atoms with van der Waals surface area (Å²) in [5.74, 6) is -0.0252. The third kappa shape index (κ3) is 3.82. The standard InChI is InChI=1S/C25H18FN3O4/c1-14-22(23(29-33-14)15-4-2-5-17(26)10-15)24(30)20-13-27-21-11-16(7-8-19(20)21)25(31)28-12-18-6-3-9-32-18/h2-11,13,27H,12H2,1H3,(H,28,31). The molecular formula is C25H18FN3O4. The van der Waals surface area contributed by atoms with Gasteiger partial charge in [-0.15, -0.1) is 0 Å². The number of hydrogen-bond donors (Lipinski definition) is 2. The van der Waals surface area contributed by atoms with Crippen molar-refractivity contribution in [3.63, 3.8) is 0 Å². The van der Waals surface area contributed by atoms with Crippen LogP contribution in [0.1, 0.15) is 37.8 Å². The smallest absolute Gasteiger partial charge is 0.251 e. The molecule has 0 atom stereocenters. The van der Waals surface area contributed by atoms with Crippen molar-refractivity contribution < 1.29 is 22.9 Å². The van der Waals surface area contributed by atoms with Gasteiger partial charge in [-0.1, -0.05) is 23.4 Å². The summed E-state index contributed by atoms with van der Waals surface area (Å²) in [6.45, 7) is 1.91. The molecule has 0 fully saturated rings.